The van der Waals surface area contributed by atoms with E-state index in [2.05, 4.69) is 12.2 Å². The summed E-state index contributed by atoms with van der Waals surface area (Å²) in [6, 6.07) is 9.46. The molecule has 0 bridgehead atoms. The van der Waals surface area contributed by atoms with Crippen LogP contribution in [-0.4, -0.2) is 32.8 Å². The molecule has 0 radical (unpaired) electrons. The summed E-state index contributed by atoms with van der Waals surface area (Å²) in [7, 11) is 3.59. The van der Waals surface area contributed by atoms with Crippen LogP contribution >= 0.6 is 0 Å². The number of amides is 1. The first kappa shape index (κ1) is 30.0. The molecule has 0 fully saturated rings. The molecule has 0 saturated heterocycles. The summed E-state index contributed by atoms with van der Waals surface area (Å²) in [5.74, 6) is 1.75. The van der Waals surface area contributed by atoms with E-state index in [9.17, 15) is 4.79 Å². The van der Waals surface area contributed by atoms with Crippen LogP contribution in [0, 0.1) is 0 Å². The van der Waals surface area contributed by atoms with E-state index in [0.29, 0.717) is 30.4 Å². The van der Waals surface area contributed by atoms with Gasteiger partial charge in [0, 0.05) is 24.2 Å². The number of nitrogens with one attached hydrogen (secondary N) is 1. The number of benzene rings is 1. The third-order valence-corrected chi connectivity index (χ3v) is 5.50. The zero-order chi connectivity index (χ0) is 23.7. The van der Waals surface area contributed by atoms with Gasteiger partial charge in [0.2, 0.25) is 0 Å². The second-order valence-corrected chi connectivity index (χ2v) is 8.40. The number of aryl methyl sites for hydroxylation is 1. The molecule has 1 aromatic carbocycles. The standard InChI is InChI=1S/C27H40N2O4.HI/c1-4-5-6-7-8-9-10-11-19-32-25-15-14-24(20-26(25)31-3)33-22-27(30)28-17-16-23-13-12-18-29(2)21-23;/h12-15,18,20-21H,4-11,16-17,19,22H2,1-3H3;1H. The maximum atomic E-state index is 12.1. The van der Waals surface area contributed by atoms with Gasteiger partial charge in [0.25, 0.3) is 5.91 Å². The molecule has 1 aromatic heterocycles. The van der Waals surface area contributed by atoms with E-state index in [-0.39, 0.29) is 36.5 Å². The third kappa shape index (κ3) is 12.4. The lowest BCUT2D eigenvalue weighted by Crippen LogP contribution is -3.00. The minimum atomic E-state index is -0.149. The number of halogens is 1. The van der Waals surface area contributed by atoms with Crippen LogP contribution in [-0.2, 0) is 18.3 Å². The van der Waals surface area contributed by atoms with Gasteiger partial charge in [0.05, 0.1) is 13.7 Å². The molecule has 0 saturated carbocycles. The minimum Gasteiger partial charge on any atom is -1.00 e. The van der Waals surface area contributed by atoms with Crippen molar-refractivity contribution in [3.63, 3.8) is 0 Å². The van der Waals surface area contributed by atoms with Gasteiger partial charge in [-0.1, -0.05) is 51.9 Å². The van der Waals surface area contributed by atoms with Crippen LogP contribution in [0.15, 0.2) is 42.7 Å². The molecule has 0 aliphatic carbocycles. The predicted octanol–water partition coefficient (Wildman–Crippen LogP) is 1.78. The molecule has 6 nitrogen and oxygen atoms in total. The molecule has 1 amide bonds. The van der Waals surface area contributed by atoms with Crippen molar-refractivity contribution in [2.75, 3.05) is 26.9 Å². The maximum Gasteiger partial charge on any atom is 0.257 e. The lowest BCUT2D eigenvalue weighted by molar-refractivity contribution is -0.671. The number of hydrogen-bond donors (Lipinski definition) is 1. The maximum absolute atomic E-state index is 12.1. The van der Waals surface area contributed by atoms with Crippen LogP contribution < -0.4 is 48.1 Å². The lowest BCUT2D eigenvalue weighted by Gasteiger charge is -2.13. The van der Waals surface area contributed by atoms with E-state index in [0.717, 1.165) is 12.8 Å². The molecule has 2 aromatic rings. The van der Waals surface area contributed by atoms with Gasteiger partial charge in [-0.3, -0.25) is 4.79 Å². The van der Waals surface area contributed by atoms with Crippen LogP contribution in [0.2, 0.25) is 0 Å². The molecular weight excluding hydrogens is 543 g/mol. The Morgan fingerprint density at radius 2 is 1.71 bits per heavy atom. The van der Waals surface area contributed by atoms with Crippen LogP contribution in [0.1, 0.15) is 63.9 Å². The molecule has 7 heteroatoms. The van der Waals surface area contributed by atoms with E-state index < -0.39 is 0 Å². The predicted molar refractivity (Wildman–Crippen MR) is 131 cm³/mol. The Bertz CT molecular complexity index is 832. The summed E-state index contributed by atoms with van der Waals surface area (Å²) in [5, 5.41) is 2.89. The van der Waals surface area contributed by atoms with Crippen LogP contribution in [0.3, 0.4) is 0 Å². The molecule has 190 valence electrons. The number of pyridine rings is 1. The summed E-state index contributed by atoms with van der Waals surface area (Å²) >= 11 is 0. The molecule has 0 aliphatic rings. The van der Waals surface area contributed by atoms with Crippen molar-refractivity contribution in [1.29, 1.82) is 0 Å². The van der Waals surface area contributed by atoms with Crippen molar-refractivity contribution in [1.82, 2.24) is 5.32 Å². The molecule has 0 spiro atoms. The number of ether oxygens (including phenoxy) is 3. The number of nitrogens with zero attached hydrogens (tertiary/aromatic N) is 1. The second-order valence-electron chi connectivity index (χ2n) is 8.40. The molecular formula is C27H41IN2O4. The Morgan fingerprint density at radius 1 is 0.971 bits per heavy atom. The van der Waals surface area contributed by atoms with Crippen LogP contribution in [0.4, 0.5) is 0 Å². The van der Waals surface area contributed by atoms with E-state index in [1.807, 2.05) is 48.3 Å². The monoisotopic (exact) mass is 584 g/mol. The van der Waals surface area contributed by atoms with Crippen molar-refractivity contribution < 1.29 is 47.5 Å². The van der Waals surface area contributed by atoms with Gasteiger partial charge in [-0.2, -0.15) is 0 Å². The van der Waals surface area contributed by atoms with Gasteiger partial charge < -0.3 is 43.5 Å². The summed E-state index contributed by atoms with van der Waals surface area (Å²) in [6.45, 7) is 3.45. The SMILES string of the molecule is CCCCCCCCCCOc1ccc(OCC(=O)NCCc2ccc[n+](C)c2)cc1OC.[I-]. The lowest BCUT2D eigenvalue weighted by atomic mass is 10.1. The van der Waals surface area contributed by atoms with Gasteiger partial charge in [-0.15, -0.1) is 0 Å². The fourth-order valence-electron chi connectivity index (χ4n) is 3.62. The van der Waals surface area contributed by atoms with Crippen molar-refractivity contribution in [3.05, 3.63) is 48.3 Å². The van der Waals surface area contributed by atoms with Crippen molar-refractivity contribution in [3.8, 4) is 17.2 Å². The summed E-state index contributed by atoms with van der Waals surface area (Å²) in [4.78, 5) is 12.1. The minimum absolute atomic E-state index is 0. The molecule has 0 atom stereocenters. The van der Waals surface area contributed by atoms with E-state index in [1.54, 1.807) is 13.2 Å². The van der Waals surface area contributed by atoms with Gasteiger partial charge in [-0.05, 0) is 31.0 Å². The largest absolute Gasteiger partial charge is 1.00 e. The number of aromatic nitrogens is 1. The summed E-state index contributed by atoms with van der Waals surface area (Å²) in [6.07, 6.45) is 15.0. The zero-order valence-electron chi connectivity index (χ0n) is 21.0. The molecule has 0 aliphatic heterocycles. The van der Waals surface area contributed by atoms with Gasteiger partial charge in [0.15, 0.2) is 30.5 Å². The number of carbonyl (C=O) groups is 1. The average Bonchev–Trinajstić information content (AvgIpc) is 2.82. The fourth-order valence-corrected chi connectivity index (χ4v) is 3.62. The average molecular weight is 585 g/mol. The van der Waals surface area contributed by atoms with Crippen LogP contribution in [0.25, 0.3) is 0 Å². The fraction of sp³-hybridized carbons (Fsp3) is 0.556. The topological polar surface area (TPSA) is 60.7 Å². The molecule has 34 heavy (non-hydrogen) atoms. The smallest absolute Gasteiger partial charge is 0.257 e. The number of unbranched alkanes of at least 4 members (excludes halogenated alkanes) is 7. The van der Waals surface area contributed by atoms with Crippen molar-refractivity contribution in [2.45, 2.75) is 64.7 Å². The van der Waals surface area contributed by atoms with Gasteiger partial charge in [0.1, 0.15) is 12.8 Å². The first-order valence-corrected chi connectivity index (χ1v) is 12.3. The van der Waals surface area contributed by atoms with E-state index in [4.69, 9.17) is 14.2 Å². The number of methoxy groups -OCH3 is 1. The third-order valence-electron chi connectivity index (χ3n) is 5.50. The molecule has 0 unspecified atom stereocenters. The number of rotatable bonds is 17. The normalized spacial score (nSPS) is 10.3. The Hall–Kier alpha value is -2.03. The first-order valence-electron chi connectivity index (χ1n) is 12.3. The number of hydrogen-bond acceptors (Lipinski definition) is 4. The van der Waals surface area contributed by atoms with Crippen LogP contribution in [0.5, 0.6) is 17.2 Å². The number of carbonyl (C=O) groups excluding carboxylic acids is 1. The van der Waals surface area contributed by atoms with Crippen molar-refractivity contribution >= 4 is 5.91 Å². The van der Waals surface area contributed by atoms with E-state index in [1.165, 1.54) is 50.5 Å². The summed E-state index contributed by atoms with van der Waals surface area (Å²) in [5.41, 5.74) is 1.17. The van der Waals surface area contributed by atoms with Gasteiger partial charge >= 0.3 is 0 Å². The highest BCUT2D eigenvalue weighted by molar-refractivity contribution is 5.77. The highest BCUT2D eigenvalue weighted by Gasteiger charge is 2.09. The second kappa shape index (κ2) is 18.3. The van der Waals surface area contributed by atoms with E-state index >= 15 is 0 Å². The molecule has 2 rings (SSSR count). The first-order chi connectivity index (χ1) is 16.1. The Morgan fingerprint density at radius 3 is 2.41 bits per heavy atom. The Balaban J connectivity index is 0.00000578. The Kier molecular flexibility index (Phi) is 16.2. The zero-order valence-corrected chi connectivity index (χ0v) is 23.1. The molecule has 1 heterocycles. The quantitative estimate of drug-likeness (QED) is 0.175. The highest BCUT2D eigenvalue weighted by atomic mass is 127. The highest BCUT2D eigenvalue weighted by Crippen LogP contribution is 2.31. The summed E-state index contributed by atoms with van der Waals surface area (Å²) < 4.78 is 19.0. The van der Waals surface area contributed by atoms with Gasteiger partial charge in [-0.25, -0.2) is 4.57 Å². The Labute approximate surface area is 222 Å². The van der Waals surface area contributed by atoms with Crippen molar-refractivity contribution in [2.24, 2.45) is 7.05 Å². The molecule has 1 N–H and O–H groups in total.